The van der Waals surface area contributed by atoms with Crippen LogP contribution in [0.3, 0.4) is 0 Å². The van der Waals surface area contributed by atoms with Crippen molar-refractivity contribution in [1.29, 1.82) is 0 Å². The minimum atomic E-state index is 0.788. The molecule has 0 spiro atoms. The minimum Gasteiger partial charge on any atom is -0.355 e. The maximum Gasteiger partial charge on any atom is 0.150 e. The van der Waals surface area contributed by atoms with Gasteiger partial charge in [-0.2, -0.15) is 0 Å². The number of aromatic nitrogens is 2. The van der Waals surface area contributed by atoms with E-state index in [1.165, 1.54) is 38.8 Å². The van der Waals surface area contributed by atoms with E-state index in [1.54, 1.807) is 12.4 Å². The number of nitrogens with zero attached hydrogens (tertiary/aromatic N) is 4. The number of piperidine rings is 2. The second kappa shape index (κ2) is 6.08. The third kappa shape index (κ3) is 2.95. The molecule has 20 heavy (non-hydrogen) atoms. The van der Waals surface area contributed by atoms with E-state index in [0.717, 1.165) is 36.6 Å². The summed E-state index contributed by atoms with van der Waals surface area (Å²) in [5, 5.41) is 0. The summed E-state index contributed by atoms with van der Waals surface area (Å²) < 4.78 is 0. The number of hydrogen-bond acceptors (Lipinski definition) is 4. The summed E-state index contributed by atoms with van der Waals surface area (Å²) in [4.78, 5) is 14.0. The summed E-state index contributed by atoms with van der Waals surface area (Å²) in [7, 11) is 0. The molecular weight excluding hydrogens is 248 g/mol. The molecule has 2 fully saturated rings. The van der Waals surface area contributed by atoms with Gasteiger partial charge in [-0.3, -0.25) is 4.98 Å². The Kier molecular flexibility index (Phi) is 4.20. The average molecular weight is 274 g/mol. The van der Waals surface area contributed by atoms with E-state index in [9.17, 15) is 0 Å². The molecule has 2 aliphatic rings. The van der Waals surface area contributed by atoms with Crippen LogP contribution in [0.25, 0.3) is 0 Å². The Labute approximate surface area is 122 Å². The second-order valence-electron chi connectivity index (χ2n) is 6.40. The summed E-state index contributed by atoms with van der Waals surface area (Å²) in [6, 6.07) is 0.788. The summed E-state index contributed by atoms with van der Waals surface area (Å²) in [6.45, 7) is 9.29. The van der Waals surface area contributed by atoms with Crippen molar-refractivity contribution in [3.05, 3.63) is 18.1 Å². The average Bonchev–Trinajstić information content (AvgIpc) is 2.49. The molecule has 4 nitrogen and oxygen atoms in total. The van der Waals surface area contributed by atoms with Crippen molar-refractivity contribution in [2.24, 2.45) is 5.92 Å². The Morgan fingerprint density at radius 3 is 2.25 bits per heavy atom. The first kappa shape index (κ1) is 13.8. The molecule has 0 unspecified atom stereocenters. The lowest BCUT2D eigenvalue weighted by molar-refractivity contribution is 0.120. The molecule has 2 aliphatic heterocycles. The van der Waals surface area contributed by atoms with Crippen LogP contribution in [0.1, 0.15) is 38.3 Å². The van der Waals surface area contributed by atoms with Crippen LogP contribution in [0.15, 0.2) is 12.4 Å². The molecule has 110 valence electrons. The number of hydrogen-bond donors (Lipinski definition) is 0. The van der Waals surface area contributed by atoms with Crippen LogP contribution in [-0.2, 0) is 0 Å². The lowest BCUT2D eigenvalue weighted by Crippen LogP contribution is -2.47. The van der Waals surface area contributed by atoms with Gasteiger partial charge in [0, 0.05) is 31.5 Å². The zero-order valence-corrected chi connectivity index (χ0v) is 12.8. The monoisotopic (exact) mass is 274 g/mol. The minimum absolute atomic E-state index is 0.788. The van der Waals surface area contributed by atoms with E-state index in [0.29, 0.717) is 0 Å². The van der Waals surface area contributed by atoms with Crippen LogP contribution < -0.4 is 4.90 Å². The second-order valence-corrected chi connectivity index (χ2v) is 6.40. The molecule has 1 aromatic heterocycles. The van der Waals surface area contributed by atoms with E-state index in [2.05, 4.69) is 33.6 Å². The number of aryl methyl sites for hydroxylation is 1. The predicted octanol–water partition coefficient (Wildman–Crippen LogP) is 2.49. The molecule has 0 radical (unpaired) electrons. The molecule has 0 saturated carbocycles. The topological polar surface area (TPSA) is 32.3 Å². The molecule has 1 aromatic rings. The van der Waals surface area contributed by atoms with Gasteiger partial charge in [0.15, 0.2) is 0 Å². The standard InChI is InChI=1S/C16H26N4/c1-13-3-9-19(10-4-13)15-5-11-20(12-6-15)16-14(2)17-7-8-18-16/h7-8,13,15H,3-6,9-12H2,1-2H3. The zero-order valence-electron chi connectivity index (χ0n) is 12.8. The van der Waals surface area contributed by atoms with Crippen molar-refractivity contribution < 1.29 is 0 Å². The normalized spacial score (nSPS) is 23.2. The first-order valence-electron chi connectivity index (χ1n) is 8.00. The molecule has 0 bridgehead atoms. The molecular formula is C16H26N4. The fraction of sp³-hybridized carbons (Fsp3) is 0.750. The Morgan fingerprint density at radius 2 is 1.60 bits per heavy atom. The van der Waals surface area contributed by atoms with E-state index in [4.69, 9.17) is 0 Å². The highest BCUT2D eigenvalue weighted by Gasteiger charge is 2.27. The Hall–Kier alpha value is -1.16. The van der Waals surface area contributed by atoms with Gasteiger partial charge in [-0.25, -0.2) is 4.98 Å². The van der Waals surface area contributed by atoms with Gasteiger partial charge in [0.2, 0.25) is 0 Å². The Bertz CT molecular complexity index is 432. The van der Waals surface area contributed by atoms with Gasteiger partial charge < -0.3 is 9.80 Å². The van der Waals surface area contributed by atoms with Crippen LogP contribution >= 0.6 is 0 Å². The largest absolute Gasteiger partial charge is 0.355 e. The summed E-state index contributed by atoms with van der Waals surface area (Å²) in [6.07, 6.45) is 8.88. The molecule has 3 heterocycles. The molecule has 2 saturated heterocycles. The first-order valence-corrected chi connectivity index (χ1v) is 8.00. The van der Waals surface area contributed by atoms with Crippen LogP contribution in [0.5, 0.6) is 0 Å². The van der Waals surface area contributed by atoms with E-state index < -0.39 is 0 Å². The van der Waals surface area contributed by atoms with Gasteiger partial charge in [-0.1, -0.05) is 6.92 Å². The van der Waals surface area contributed by atoms with E-state index >= 15 is 0 Å². The van der Waals surface area contributed by atoms with E-state index in [-0.39, 0.29) is 0 Å². The van der Waals surface area contributed by atoms with Crippen LogP contribution in [0.4, 0.5) is 5.82 Å². The van der Waals surface area contributed by atoms with Gasteiger partial charge in [-0.05, 0) is 51.6 Å². The highest BCUT2D eigenvalue weighted by atomic mass is 15.2. The van der Waals surface area contributed by atoms with Gasteiger partial charge in [-0.15, -0.1) is 0 Å². The Balaban J connectivity index is 1.56. The van der Waals surface area contributed by atoms with Crippen molar-refractivity contribution >= 4 is 5.82 Å². The molecule has 4 heteroatoms. The first-order chi connectivity index (χ1) is 9.74. The van der Waals surface area contributed by atoms with Crippen molar-refractivity contribution in [2.75, 3.05) is 31.1 Å². The van der Waals surface area contributed by atoms with E-state index in [1.807, 2.05) is 0 Å². The highest BCUT2D eigenvalue weighted by Crippen LogP contribution is 2.25. The quantitative estimate of drug-likeness (QED) is 0.829. The van der Waals surface area contributed by atoms with Crippen molar-refractivity contribution in [3.63, 3.8) is 0 Å². The molecule has 0 N–H and O–H groups in total. The fourth-order valence-corrected chi connectivity index (χ4v) is 3.55. The van der Waals surface area contributed by atoms with Crippen LogP contribution in [-0.4, -0.2) is 47.1 Å². The molecule has 0 aromatic carbocycles. The third-order valence-electron chi connectivity index (χ3n) is 4.95. The van der Waals surface area contributed by atoms with Crippen LogP contribution in [0, 0.1) is 12.8 Å². The maximum atomic E-state index is 4.50. The van der Waals surface area contributed by atoms with Gasteiger partial charge in [0.25, 0.3) is 0 Å². The van der Waals surface area contributed by atoms with Crippen molar-refractivity contribution in [1.82, 2.24) is 14.9 Å². The predicted molar refractivity (Wildman–Crippen MR) is 82.0 cm³/mol. The Morgan fingerprint density at radius 1 is 0.950 bits per heavy atom. The number of rotatable bonds is 2. The zero-order chi connectivity index (χ0) is 13.9. The number of anilines is 1. The molecule has 0 atom stereocenters. The SMILES string of the molecule is Cc1nccnc1N1CCC(N2CCC(C)CC2)CC1. The molecule has 0 aliphatic carbocycles. The van der Waals surface area contributed by atoms with Crippen molar-refractivity contribution in [2.45, 2.75) is 45.6 Å². The van der Waals surface area contributed by atoms with Gasteiger partial charge >= 0.3 is 0 Å². The highest BCUT2D eigenvalue weighted by molar-refractivity contribution is 5.42. The van der Waals surface area contributed by atoms with Gasteiger partial charge in [0.1, 0.15) is 5.82 Å². The lowest BCUT2D eigenvalue weighted by atomic mass is 9.95. The molecule has 3 rings (SSSR count). The number of likely N-dealkylation sites (tertiary alicyclic amines) is 1. The van der Waals surface area contributed by atoms with Crippen molar-refractivity contribution in [3.8, 4) is 0 Å². The van der Waals surface area contributed by atoms with Gasteiger partial charge in [0.05, 0.1) is 5.69 Å². The fourth-order valence-electron chi connectivity index (χ4n) is 3.55. The maximum absolute atomic E-state index is 4.50. The summed E-state index contributed by atoms with van der Waals surface area (Å²) in [5.41, 5.74) is 1.05. The molecule has 0 amide bonds. The summed E-state index contributed by atoms with van der Waals surface area (Å²) in [5.74, 6) is 2.01. The third-order valence-corrected chi connectivity index (χ3v) is 4.95. The summed E-state index contributed by atoms with van der Waals surface area (Å²) >= 11 is 0. The smallest absolute Gasteiger partial charge is 0.150 e. The lowest BCUT2D eigenvalue weighted by Gasteiger charge is -2.41. The van der Waals surface area contributed by atoms with Crippen LogP contribution in [0.2, 0.25) is 0 Å².